The lowest BCUT2D eigenvalue weighted by molar-refractivity contribution is -0.145. The summed E-state index contributed by atoms with van der Waals surface area (Å²) in [6, 6.07) is 10.7. The molecule has 0 unspecified atom stereocenters. The van der Waals surface area contributed by atoms with Crippen LogP contribution in [-0.2, 0) is 36.8 Å². The van der Waals surface area contributed by atoms with Gasteiger partial charge in [-0.05, 0) is 106 Å². The molecule has 0 spiro atoms. The molecule has 2 aliphatic rings. The summed E-state index contributed by atoms with van der Waals surface area (Å²) in [7, 11) is 0. The summed E-state index contributed by atoms with van der Waals surface area (Å²) in [5, 5.41) is 3.32. The van der Waals surface area contributed by atoms with Gasteiger partial charge >= 0.3 is 12.1 Å². The highest BCUT2D eigenvalue weighted by Crippen LogP contribution is 2.55. The fourth-order valence-electron chi connectivity index (χ4n) is 6.63. The average Bonchev–Trinajstić information content (AvgIpc) is 3.84. The van der Waals surface area contributed by atoms with Gasteiger partial charge in [0, 0.05) is 18.0 Å². The highest BCUT2D eigenvalue weighted by molar-refractivity contribution is 6.30. The summed E-state index contributed by atoms with van der Waals surface area (Å²) < 4.78 is 16.7. The van der Waals surface area contributed by atoms with Crippen LogP contribution in [0.4, 0.5) is 4.79 Å². The molecule has 1 saturated carbocycles. The normalized spacial score (nSPS) is 19.1. The predicted molar refractivity (Wildman–Crippen MR) is 193 cm³/mol. The molecule has 0 radical (unpaired) electrons. The minimum atomic E-state index is -0.921. The van der Waals surface area contributed by atoms with Crippen LogP contribution in [0.5, 0.6) is 11.5 Å². The Morgan fingerprint density at radius 3 is 2.40 bits per heavy atom. The Balaban J connectivity index is 1.41. The number of ether oxygens (including phenoxy) is 3. The fraction of sp³-hybridized carbons (Fsp3) is 0.538. The Bertz CT molecular complexity index is 1580. The second-order valence-electron chi connectivity index (χ2n) is 14.9. The molecule has 11 heteroatoms. The van der Waals surface area contributed by atoms with E-state index >= 15 is 0 Å². The fourth-order valence-corrected chi connectivity index (χ4v) is 6.81. The first-order valence-corrected chi connectivity index (χ1v) is 17.9. The molecule has 50 heavy (non-hydrogen) atoms. The van der Waals surface area contributed by atoms with Crippen molar-refractivity contribution in [2.45, 2.75) is 111 Å². The van der Waals surface area contributed by atoms with Crippen LogP contribution in [0.25, 0.3) is 0 Å². The van der Waals surface area contributed by atoms with Crippen LogP contribution in [0.2, 0.25) is 5.02 Å². The summed E-state index contributed by atoms with van der Waals surface area (Å²) in [6.45, 7) is 16.2. The predicted octanol–water partition coefficient (Wildman–Crippen LogP) is 7.50. The number of hydrogen-bond donors (Lipinski definition) is 2. The monoisotopic (exact) mass is 709 g/mol. The van der Waals surface area contributed by atoms with Gasteiger partial charge in [0.05, 0.1) is 12.5 Å². The molecular weight excluding hydrogens is 658 g/mol. The smallest absolute Gasteiger partial charge is 0.408 e. The van der Waals surface area contributed by atoms with Gasteiger partial charge in [-0.25, -0.2) is 4.79 Å². The van der Waals surface area contributed by atoms with E-state index < -0.39 is 35.6 Å². The van der Waals surface area contributed by atoms with Crippen LogP contribution in [0.15, 0.2) is 54.6 Å². The number of carbonyl (C=O) groups is 4. The highest BCUT2D eigenvalue weighted by atomic mass is 35.5. The number of alkyl carbamates (subject to hydrolysis) is 1. The lowest BCUT2D eigenvalue weighted by Gasteiger charge is -2.37. The maximum Gasteiger partial charge on any atom is 0.408 e. The Kier molecular flexibility index (Phi) is 12.6. The van der Waals surface area contributed by atoms with Crippen LogP contribution >= 0.6 is 11.6 Å². The lowest BCUT2D eigenvalue weighted by atomic mass is 9.77. The molecule has 272 valence electrons. The number of primary amides is 1. The van der Waals surface area contributed by atoms with Crippen molar-refractivity contribution in [1.29, 1.82) is 0 Å². The summed E-state index contributed by atoms with van der Waals surface area (Å²) in [4.78, 5) is 53.5. The number of amides is 3. The van der Waals surface area contributed by atoms with Gasteiger partial charge in [0.15, 0.2) is 0 Å². The number of hydrogen-bond acceptors (Lipinski definition) is 7. The standard InChI is InChI=1S/C39H52ClN3O7/c1-8-48-36(46)30-22-31(30)39(6,7)24(2)13-10-9-11-16-32(42-37(47)50-38(3,4)5)35(45)43-23-25-17-18-29(19-26(25)20-33(43)34(41)44)49-28-15-12-14-27(40)21-28/h12,14-15,17-19,21,30-33H,2,8-11,13,16,20,22-23H2,1,3-7H3,(H2,41,44)(H,42,47)/t30-,31+,32-,33-/m0/s1. The number of nitrogens with two attached hydrogens (primary N) is 1. The van der Waals surface area contributed by atoms with Crippen molar-refractivity contribution in [3.05, 3.63) is 70.8 Å². The molecule has 1 heterocycles. The van der Waals surface area contributed by atoms with E-state index in [1.807, 2.05) is 19.1 Å². The zero-order valence-electron chi connectivity index (χ0n) is 30.2. The molecule has 10 nitrogen and oxygen atoms in total. The number of nitrogens with zero attached hydrogens (tertiary/aromatic N) is 1. The number of halogens is 1. The summed E-state index contributed by atoms with van der Waals surface area (Å²) in [5.41, 5.74) is 7.70. The molecular formula is C39H52ClN3O7. The highest BCUT2D eigenvalue weighted by Gasteiger charge is 2.53. The number of nitrogens with one attached hydrogen (secondary N) is 1. The van der Waals surface area contributed by atoms with Gasteiger partial charge < -0.3 is 30.2 Å². The Morgan fingerprint density at radius 1 is 1.02 bits per heavy atom. The number of carbonyl (C=O) groups excluding carboxylic acids is 4. The largest absolute Gasteiger partial charge is 0.466 e. The molecule has 0 aromatic heterocycles. The van der Waals surface area contributed by atoms with Crippen molar-refractivity contribution in [2.24, 2.45) is 23.0 Å². The second-order valence-corrected chi connectivity index (χ2v) is 15.3. The number of benzene rings is 2. The minimum Gasteiger partial charge on any atom is -0.466 e. The van der Waals surface area contributed by atoms with Crippen LogP contribution < -0.4 is 15.8 Å². The van der Waals surface area contributed by atoms with Gasteiger partial charge in [0.25, 0.3) is 0 Å². The maximum atomic E-state index is 14.1. The van der Waals surface area contributed by atoms with Crippen molar-refractivity contribution < 1.29 is 33.4 Å². The minimum absolute atomic E-state index is 0.0670. The van der Waals surface area contributed by atoms with Crippen LogP contribution in [0.3, 0.4) is 0 Å². The van der Waals surface area contributed by atoms with Gasteiger partial charge in [-0.2, -0.15) is 0 Å². The number of fused-ring (bicyclic) bond motifs is 1. The number of esters is 1. The van der Waals surface area contributed by atoms with Gasteiger partial charge in [0.1, 0.15) is 29.2 Å². The van der Waals surface area contributed by atoms with E-state index in [0.29, 0.717) is 36.0 Å². The molecule has 1 aliphatic heterocycles. The first kappa shape index (κ1) is 38.7. The zero-order chi connectivity index (χ0) is 36.8. The second kappa shape index (κ2) is 16.3. The third kappa shape index (κ3) is 10.2. The third-order valence-electron chi connectivity index (χ3n) is 9.63. The molecule has 3 N–H and O–H groups in total. The van der Waals surface area contributed by atoms with E-state index in [9.17, 15) is 19.2 Å². The Morgan fingerprint density at radius 2 is 1.74 bits per heavy atom. The van der Waals surface area contributed by atoms with E-state index in [1.165, 1.54) is 4.90 Å². The summed E-state index contributed by atoms with van der Waals surface area (Å²) in [6.07, 6.45) is 3.72. The van der Waals surface area contributed by atoms with E-state index in [-0.39, 0.29) is 36.2 Å². The van der Waals surface area contributed by atoms with Gasteiger partial charge in [0.2, 0.25) is 11.8 Å². The van der Waals surface area contributed by atoms with E-state index in [1.54, 1.807) is 51.1 Å². The first-order chi connectivity index (χ1) is 23.5. The SMILES string of the molecule is C=C(CCCCC[C@H](NC(=O)OC(C)(C)C)C(=O)N1Cc2ccc(Oc3cccc(Cl)c3)cc2C[C@H]1C(N)=O)C(C)(C)[C@@H]1C[C@@H]1C(=O)OCC. The van der Waals surface area contributed by atoms with Crippen molar-refractivity contribution in [3.8, 4) is 11.5 Å². The van der Waals surface area contributed by atoms with Gasteiger partial charge in [-0.3, -0.25) is 14.4 Å². The van der Waals surface area contributed by atoms with Crippen molar-refractivity contribution in [3.63, 3.8) is 0 Å². The van der Waals surface area contributed by atoms with Crippen LogP contribution in [-0.4, -0.2) is 53.1 Å². The maximum absolute atomic E-state index is 14.1. The molecule has 0 saturated heterocycles. The molecule has 4 rings (SSSR count). The van der Waals surface area contributed by atoms with Crippen molar-refractivity contribution >= 4 is 35.5 Å². The number of unbranched alkanes of at least 4 members (excludes halogenated alkanes) is 2. The number of allylic oxidation sites excluding steroid dienone is 1. The lowest BCUT2D eigenvalue weighted by Crippen LogP contribution is -2.57. The van der Waals surface area contributed by atoms with Crippen LogP contribution in [0, 0.1) is 17.3 Å². The molecule has 2 aromatic carbocycles. The third-order valence-corrected chi connectivity index (χ3v) is 9.86. The van der Waals surface area contributed by atoms with E-state index in [4.69, 9.17) is 31.5 Å². The van der Waals surface area contributed by atoms with E-state index in [2.05, 4.69) is 25.7 Å². The van der Waals surface area contributed by atoms with Gasteiger partial charge in [-0.1, -0.05) is 62.6 Å². The molecule has 2 aromatic rings. The summed E-state index contributed by atoms with van der Waals surface area (Å²) >= 11 is 6.10. The quantitative estimate of drug-likeness (QED) is 0.111. The number of rotatable bonds is 15. The van der Waals surface area contributed by atoms with Crippen LogP contribution in [0.1, 0.15) is 91.2 Å². The van der Waals surface area contributed by atoms with Crippen molar-refractivity contribution in [2.75, 3.05) is 6.61 Å². The molecule has 1 fully saturated rings. The Labute approximate surface area is 301 Å². The topological polar surface area (TPSA) is 137 Å². The Hall–Kier alpha value is -4.05. The van der Waals surface area contributed by atoms with Gasteiger partial charge in [-0.15, -0.1) is 0 Å². The summed E-state index contributed by atoms with van der Waals surface area (Å²) in [5.74, 6) is 0.144. The molecule has 0 bridgehead atoms. The zero-order valence-corrected chi connectivity index (χ0v) is 30.9. The van der Waals surface area contributed by atoms with Crippen molar-refractivity contribution in [1.82, 2.24) is 10.2 Å². The average molecular weight is 710 g/mol. The molecule has 1 aliphatic carbocycles. The first-order valence-electron chi connectivity index (χ1n) is 17.5. The van der Waals surface area contributed by atoms with E-state index in [0.717, 1.165) is 42.4 Å². The molecule has 3 amide bonds. The molecule has 4 atom stereocenters.